The quantitative estimate of drug-likeness (QED) is 0.278. The van der Waals surface area contributed by atoms with Crippen molar-refractivity contribution in [1.29, 1.82) is 0 Å². The Morgan fingerprint density at radius 3 is 0.933 bits per heavy atom. The van der Waals surface area contributed by atoms with Crippen LogP contribution in [-0.4, -0.2) is 0 Å². The zero-order valence-corrected chi connectivity index (χ0v) is 23.2. The molecule has 0 N–H and O–H groups in total. The van der Waals surface area contributed by atoms with Gasteiger partial charge in [-0.1, -0.05) is 25.7 Å². The Kier molecular flexibility index (Phi) is 14.8. The zero-order chi connectivity index (χ0) is 20.5. The first kappa shape index (κ1) is 29.3. The van der Waals surface area contributed by atoms with E-state index in [0.717, 1.165) is 0 Å². The molecule has 0 saturated carbocycles. The molecular formula is C26H42Br2N2. The average molecular weight is 542 g/mol. The number of rotatable bonds is 11. The molecule has 0 aliphatic carbocycles. The molecule has 2 nitrogen and oxygen atoms in total. The molecule has 0 aromatic carbocycles. The van der Waals surface area contributed by atoms with Gasteiger partial charge in [-0.25, -0.2) is 9.13 Å². The maximum atomic E-state index is 2.47. The van der Waals surface area contributed by atoms with E-state index in [1.807, 2.05) is 0 Å². The van der Waals surface area contributed by atoms with Crippen molar-refractivity contribution >= 4 is 0 Å². The van der Waals surface area contributed by atoms with E-state index in [1.54, 1.807) is 0 Å². The topological polar surface area (TPSA) is 7.76 Å². The fourth-order valence-corrected chi connectivity index (χ4v) is 4.58. The Bertz CT molecular complexity index is 660. The third kappa shape index (κ3) is 9.60. The van der Waals surface area contributed by atoms with Gasteiger partial charge in [0.1, 0.15) is 13.1 Å². The predicted molar refractivity (Wildman–Crippen MR) is 119 cm³/mol. The van der Waals surface area contributed by atoms with E-state index < -0.39 is 0 Å². The van der Waals surface area contributed by atoms with Gasteiger partial charge >= 0.3 is 0 Å². The lowest BCUT2D eigenvalue weighted by Crippen LogP contribution is -3.00. The van der Waals surface area contributed by atoms with Crippen molar-refractivity contribution in [3.8, 4) is 0 Å². The summed E-state index contributed by atoms with van der Waals surface area (Å²) in [5.74, 6) is 0. The molecule has 2 heterocycles. The summed E-state index contributed by atoms with van der Waals surface area (Å²) in [5, 5.41) is 0. The number of hydrogen-bond donors (Lipinski definition) is 0. The van der Waals surface area contributed by atoms with Crippen LogP contribution < -0.4 is 43.1 Å². The van der Waals surface area contributed by atoms with Crippen molar-refractivity contribution < 1.29 is 43.1 Å². The number of pyridine rings is 2. The van der Waals surface area contributed by atoms with Crippen LogP contribution in [0, 0.1) is 41.5 Å². The molecule has 0 atom stereocenters. The lowest BCUT2D eigenvalue weighted by Gasteiger charge is -2.06. The summed E-state index contributed by atoms with van der Waals surface area (Å²) in [6, 6.07) is 9.19. The summed E-state index contributed by atoms with van der Waals surface area (Å²) < 4.78 is 4.94. The first-order valence-corrected chi connectivity index (χ1v) is 11.3. The molecule has 0 amide bonds. The Hall–Kier alpha value is -0.740. The van der Waals surface area contributed by atoms with E-state index in [0.29, 0.717) is 0 Å². The number of nitrogens with zero attached hydrogens (tertiary/aromatic N) is 2. The number of halogens is 2. The largest absolute Gasteiger partial charge is 1.00 e. The van der Waals surface area contributed by atoms with Crippen LogP contribution in [0.15, 0.2) is 24.3 Å². The number of aromatic nitrogens is 2. The fraction of sp³-hybridized carbons (Fsp3) is 0.615. The Morgan fingerprint density at radius 1 is 0.433 bits per heavy atom. The Morgan fingerprint density at radius 2 is 0.667 bits per heavy atom. The first-order valence-electron chi connectivity index (χ1n) is 11.3. The zero-order valence-electron chi connectivity index (χ0n) is 20.0. The summed E-state index contributed by atoms with van der Waals surface area (Å²) in [5.41, 5.74) is 8.34. The first-order chi connectivity index (χ1) is 13.4. The van der Waals surface area contributed by atoms with Gasteiger partial charge in [0.05, 0.1) is 0 Å². The van der Waals surface area contributed by atoms with Crippen LogP contribution in [0.25, 0.3) is 0 Å². The van der Waals surface area contributed by atoms with E-state index in [4.69, 9.17) is 0 Å². The van der Waals surface area contributed by atoms with E-state index in [2.05, 4.69) is 74.9 Å². The molecule has 2 rings (SSSR count). The van der Waals surface area contributed by atoms with E-state index in [1.165, 1.54) is 98.4 Å². The second-order valence-corrected chi connectivity index (χ2v) is 8.76. The smallest absolute Gasteiger partial charge is 0.178 e. The highest BCUT2D eigenvalue weighted by molar-refractivity contribution is 5.14. The van der Waals surface area contributed by atoms with Crippen molar-refractivity contribution in [3.63, 3.8) is 0 Å². The van der Waals surface area contributed by atoms with Crippen LogP contribution in [0.1, 0.15) is 85.3 Å². The lowest BCUT2D eigenvalue weighted by molar-refractivity contribution is -0.709. The molecule has 0 aliphatic rings. The van der Waals surface area contributed by atoms with E-state index >= 15 is 0 Å². The second-order valence-electron chi connectivity index (χ2n) is 8.76. The molecule has 4 heteroatoms. The van der Waals surface area contributed by atoms with Crippen molar-refractivity contribution in [2.45, 2.75) is 106 Å². The van der Waals surface area contributed by atoms with Gasteiger partial charge in [0, 0.05) is 64.8 Å². The van der Waals surface area contributed by atoms with Crippen LogP contribution >= 0.6 is 0 Å². The van der Waals surface area contributed by atoms with Gasteiger partial charge in [0.2, 0.25) is 0 Å². The van der Waals surface area contributed by atoms with Crippen LogP contribution in [0.2, 0.25) is 0 Å². The van der Waals surface area contributed by atoms with Gasteiger partial charge in [0.15, 0.2) is 22.8 Å². The third-order valence-corrected chi connectivity index (χ3v) is 5.96. The normalized spacial score (nSPS) is 10.5. The number of aryl methyl sites for hydroxylation is 6. The maximum Gasteiger partial charge on any atom is 0.178 e. The van der Waals surface area contributed by atoms with Gasteiger partial charge < -0.3 is 34.0 Å². The summed E-state index contributed by atoms with van der Waals surface area (Å²) in [6.45, 7) is 15.7. The van der Waals surface area contributed by atoms with Gasteiger partial charge in [-0.3, -0.25) is 0 Å². The molecule has 0 radical (unpaired) electrons. The monoisotopic (exact) mass is 540 g/mol. The highest BCUT2D eigenvalue weighted by Gasteiger charge is 2.11. The molecular weight excluding hydrogens is 500 g/mol. The maximum absolute atomic E-state index is 2.47. The van der Waals surface area contributed by atoms with Gasteiger partial charge in [0.25, 0.3) is 0 Å². The second kappa shape index (κ2) is 15.1. The Labute approximate surface area is 206 Å². The minimum Gasteiger partial charge on any atom is -1.00 e. The predicted octanol–water partition coefficient (Wildman–Crippen LogP) is -0.0589. The molecule has 0 unspecified atom stereocenters. The van der Waals surface area contributed by atoms with Crippen molar-refractivity contribution in [2.75, 3.05) is 0 Å². The SMILES string of the molecule is Cc1cc(C)[n+](CCCCCCCCCC[n+]2c(C)cc(C)cc2C)c(C)c1.[Br-].[Br-]. The average Bonchev–Trinajstić information content (AvgIpc) is 2.60. The van der Waals surface area contributed by atoms with Gasteiger partial charge in [-0.15, -0.1) is 0 Å². The molecule has 0 fully saturated rings. The van der Waals surface area contributed by atoms with Crippen molar-refractivity contribution in [1.82, 2.24) is 0 Å². The highest BCUT2D eigenvalue weighted by Crippen LogP contribution is 2.10. The third-order valence-electron chi connectivity index (χ3n) is 5.96. The Balaban J connectivity index is 0.00000420. The molecule has 170 valence electrons. The number of hydrogen-bond acceptors (Lipinski definition) is 0. The van der Waals surface area contributed by atoms with Crippen molar-refractivity contribution in [2.24, 2.45) is 0 Å². The standard InChI is InChI=1S/C26H42N2.2BrH/c1-21-17-23(3)27(24(4)18-21)15-13-11-9-7-8-10-12-14-16-28-25(5)19-22(2)20-26(28)6;;/h17-20H,7-16H2,1-6H3;2*1H/q+2;;/p-2. The molecule has 30 heavy (non-hydrogen) atoms. The van der Waals surface area contributed by atoms with Crippen molar-refractivity contribution in [3.05, 3.63) is 58.2 Å². The molecule has 0 spiro atoms. The highest BCUT2D eigenvalue weighted by atomic mass is 79.9. The molecule has 0 saturated heterocycles. The van der Waals surface area contributed by atoms with Crippen LogP contribution in [0.3, 0.4) is 0 Å². The molecule has 2 aromatic heterocycles. The summed E-state index contributed by atoms with van der Waals surface area (Å²) >= 11 is 0. The van der Waals surface area contributed by atoms with Gasteiger partial charge in [-0.05, 0) is 37.8 Å². The van der Waals surface area contributed by atoms with Crippen LogP contribution in [0.4, 0.5) is 0 Å². The van der Waals surface area contributed by atoms with Crippen LogP contribution in [-0.2, 0) is 13.1 Å². The fourth-order valence-electron chi connectivity index (χ4n) is 4.58. The minimum absolute atomic E-state index is 0. The minimum atomic E-state index is 0. The summed E-state index contributed by atoms with van der Waals surface area (Å²) in [4.78, 5) is 0. The molecule has 2 aromatic rings. The van der Waals surface area contributed by atoms with Gasteiger partial charge in [-0.2, -0.15) is 0 Å². The van der Waals surface area contributed by atoms with E-state index in [9.17, 15) is 0 Å². The lowest BCUT2D eigenvalue weighted by atomic mass is 10.1. The summed E-state index contributed by atoms with van der Waals surface area (Å²) in [6.07, 6.45) is 10.9. The molecule has 0 bridgehead atoms. The number of unbranched alkanes of at least 4 members (excludes halogenated alkanes) is 7. The van der Waals surface area contributed by atoms with E-state index in [-0.39, 0.29) is 34.0 Å². The molecule has 0 aliphatic heterocycles. The summed E-state index contributed by atoms with van der Waals surface area (Å²) in [7, 11) is 0. The van der Waals surface area contributed by atoms with Crippen LogP contribution in [0.5, 0.6) is 0 Å².